The van der Waals surface area contributed by atoms with Gasteiger partial charge < -0.3 is 24.0 Å². The lowest BCUT2D eigenvalue weighted by Crippen LogP contribution is -2.46. The minimum Gasteiger partial charge on any atom is -0.494 e. The lowest BCUT2D eigenvalue weighted by Gasteiger charge is -2.36. The first kappa shape index (κ1) is 43.2. The van der Waals surface area contributed by atoms with E-state index in [2.05, 4.69) is 78.9 Å². The lowest BCUT2D eigenvalue weighted by atomic mass is 10.2. The molecule has 4 aromatic heterocycles. The van der Waals surface area contributed by atoms with Crippen LogP contribution in [0.15, 0.2) is 130 Å². The van der Waals surface area contributed by atoms with E-state index < -0.39 is 0 Å². The zero-order valence-electron chi connectivity index (χ0n) is 36.8. The topological polar surface area (TPSA) is 84.6 Å². The van der Waals surface area contributed by atoms with Crippen LogP contribution in [0.3, 0.4) is 0 Å². The summed E-state index contributed by atoms with van der Waals surface area (Å²) in [6, 6.07) is 36.2. The molecule has 2 saturated heterocycles. The highest BCUT2D eigenvalue weighted by Crippen LogP contribution is 2.33. The van der Waals surface area contributed by atoms with Crippen LogP contribution in [0.1, 0.15) is 25.7 Å². The number of thiophene rings is 2. The molecule has 10 rings (SSSR count). The van der Waals surface area contributed by atoms with Crippen LogP contribution in [0.2, 0.25) is 0 Å². The molecule has 65 heavy (non-hydrogen) atoms. The van der Waals surface area contributed by atoms with E-state index in [-0.39, 0.29) is 24.6 Å². The molecule has 13 heteroatoms. The van der Waals surface area contributed by atoms with Crippen molar-refractivity contribution in [2.45, 2.75) is 39.1 Å². The molecule has 0 saturated carbocycles. The van der Waals surface area contributed by atoms with Gasteiger partial charge in [-0.15, -0.1) is 22.7 Å². The fourth-order valence-electron chi connectivity index (χ4n) is 9.39. The number of hydrogen-bond donors (Lipinski definition) is 0. The van der Waals surface area contributed by atoms with Gasteiger partial charge in [-0.2, -0.15) is 0 Å². The summed E-state index contributed by atoms with van der Waals surface area (Å²) in [6.07, 6.45) is 3.99. The van der Waals surface area contributed by atoms with Crippen molar-refractivity contribution in [2.24, 2.45) is 0 Å². The van der Waals surface area contributed by atoms with Crippen molar-refractivity contribution >= 4 is 76.0 Å². The van der Waals surface area contributed by atoms with Crippen LogP contribution < -0.4 is 30.4 Å². The first-order chi connectivity index (χ1) is 32.0. The van der Waals surface area contributed by atoms with Crippen LogP contribution in [-0.4, -0.2) is 97.6 Å². The number of aromatic nitrogens is 2. The number of ether oxygens (including phenoxy) is 3. The Labute approximate surface area is 387 Å². The van der Waals surface area contributed by atoms with Gasteiger partial charge in [0.1, 0.15) is 25.0 Å². The normalized spacial score (nSPS) is 15.2. The third-order valence-electron chi connectivity index (χ3n) is 13.0. The number of anilines is 2. The van der Waals surface area contributed by atoms with Crippen molar-refractivity contribution in [3.63, 3.8) is 0 Å². The summed E-state index contributed by atoms with van der Waals surface area (Å²) in [6.45, 7) is 11.7. The van der Waals surface area contributed by atoms with E-state index in [1.165, 1.54) is 31.5 Å². The number of nitrogens with zero attached hydrogens (tertiary/aromatic N) is 6. The number of benzene rings is 4. The highest BCUT2D eigenvalue weighted by Gasteiger charge is 2.20. The van der Waals surface area contributed by atoms with Gasteiger partial charge >= 0.3 is 0 Å². The Morgan fingerprint density at radius 2 is 0.923 bits per heavy atom. The molecule has 4 aromatic carbocycles. The summed E-state index contributed by atoms with van der Waals surface area (Å²) >= 11 is 3.61. The van der Waals surface area contributed by atoms with Crippen molar-refractivity contribution < 1.29 is 14.2 Å². The Morgan fingerprint density at radius 3 is 1.38 bits per heavy atom. The summed E-state index contributed by atoms with van der Waals surface area (Å²) in [5.74, 6) is 1.43. The molecule has 11 nitrogen and oxygen atoms in total. The zero-order valence-corrected chi connectivity index (χ0v) is 38.4. The van der Waals surface area contributed by atoms with Gasteiger partial charge in [0.15, 0.2) is 0 Å². The molecule has 6 heterocycles. The standard InChI is InChI=1S/C52H56N6O5S2/c59-51-17-13-39-11-15-41(62-31-3-1-21-53-23-27-55(28-24-53)45-7-5-9-49-43(45)19-33-64-49)35-47(39)57(51)37-61-38-58-48-36-42(16-12-40(48)14-18-52(58)60)63-32-4-2-22-54-25-29-56(30-26-54)46-8-6-10-50-44(46)20-34-65-50/h5-20,33-36H,1-4,21-32,37-38H2. The maximum atomic E-state index is 13.2. The Kier molecular flexibility index (Phi) is 13.4. The van der Waals surface area contributed by atoms with Crippen LogP contribution in [0.5, 0.6) is 11.5 Å². The summed E-state index contributed by atoms with van der Waals surface area (Å²) in [5, 5.41) is 8.90. The fourth-order valence-corrected chi connectivity index (χ4v) is 11.0. The highest BCUT2D eigenvalue weighted by molar-refractivity contribution is 7.17. The van der Waals surface area contributed by atoms with Gasteiger partial charge in [-0.3, -0.25) is 28.5 Å². The fraction of sp³-hybridized carbons (Fsp3) is 0.346. The van der Waals surface area contributed by atoms with Gasteiger partial charge in [0, 0.05) is 108 Å². The molecule has 0 spiro atoms. The smallest absolute Gasteiger partial charge is 0.252 e. The molecule has 0 bridgehead atoms. The Morgan fingerprint density at radius 1 is 0.477 bits per heavy atom. The van der Waals surface area contributed by atoms with Gasteiger partial charge in [-0.1, -0.05) is 12.1 Å². The number of hydrogen-bond acceptors (Lipinski definition) is 11. The molecule has 8 aromatic rings. The average molecular weight is 909 g/mol. The molecular weight excluding hydrogens is 853 g/mol. The van der Waals surface area contributed by atoms with Crippen LogP contribution in [0.4, 0.5) is 11.4 Å². The Bertz CT molecular complexity index is 2800. The SMILES string of the molecule is O=c1ccc2ccc(OCCCCN3CCN(c4cccc5sccc45)CC3)cc2n1COCn1c(=O)ccc2ccc(OCCCCN3CCN(c4cccc5sccc45)CC3)cc21. The average Bonchev–Trinajstić information content (AvgIpc) is 4.04. The molecule has 0 radical (unpaired) electrons. The Hall–Kier alpha value is -5.70. The van der Waals surface area contributed by atoms with Crippen LogP contribution >= 0.6 is 22.7 Å². The summed E-state index contributed by atoms with van der Waals surface area (Å²) in [7, 11) is 0. The molecule has 2 aliphatic heterocycles. The van der Waals surface area contributed by atoms with Crippen molar-refractivity contribution in [1.82, 2.24) is 18.9 Å². The molecule has 0 aliphatic carbocycles. The van der Waals surface area contributed by atoms with Crippen LogP contribution in [0, 0.1) is 0 Å². The lowest BCUT2D eigenvalue weighted by molar-refractivity contribution is 0.0285. The summed E-state index contributed by atoms with van der Waals surface area (Å²) in [5.41, 5.74) is 3.78. The molecule has 0 N–H and O–H groups in total. The first-order valence-electron chi connectivity index (χ1n) is 23.0. The predicted octanol–water partition coefficient (Wildman–Crippen LogP) is 9.34. The second kappa shape index (κ2) is 20.2. The van der Waals surface area contributed by atoms with E-state index in [0.717, 1.165) is 113 Å². The summed E-state index contributed by atoms with van der Waals surface area (Å²) < 4.78 is 24.4. The maximum Gasteiger partial charge on any atom is 0.252 e. The van der Waals surface area contributed by atoms with E-state index >= 15 is 0 Å². The van der Waals surface area contributed by atoms with E-state index in [4.69, 9.17) is 14.2 Å². The summed E-state index contributed by atoms with van der Waals surface area (Å²) in [4.78, 5) is 36.5. The molecule has 0 amide bonds. The molecule has 0 unspecified atom stereocenters. The minimum atomic E-state index is -0.183. The zero-order chi connectivity index (χ0) is 44.0. The van der Waals surface area contributed by atoms with E-state index in [0.29, 0.717) is 24.7 Å². The maximum absolute atomic E-state index is 13.2. The largest absolute Gasteiger partial charge is 0.494 e. The van der Waals surface area contributed by atoms with Crippen LogP contribution in [0.25, 0.3) is 42.0 Å². The third-order valence-corrected chi connectivity index (χ3v) is 14.8. The van der Waals surface area contributed by atoms with Gasteiger partial charge in [-0.05, 0) is 133 Å². The predicted molar refractivity (Wildman–Crippen MR) is 268 cm³/mol. The number of unbranched alkanes of at least 4 members (excludes halogenated alkanes) is 2. The van der Waals surface area contributed by atoms with E-state index in [9.17, 15) is 9.59 Å². The number of piperazine rings is 2. The molecule has 2 aliphatic rings. The van der Waals surface area contributed by atoms with Gasteiger partial charge in [0.25, 0.3) is 11.1 Å². The molecule has 0 atom stereocenters. The Balaban J connectivity index is 0.679. The second-order valence-electron chi connectivity index (χ2n) is 17.1. The third kappa shape index (κ3) is 9.95. The van der Waals surface area contributed by atoms with Gasteiger partial charge in [0.05, 0.1) is 24.2 Å². The number of fused-ring (bicyclic) bond motifs is 4. The molecule has 2 fully saturated rings. The van der Waals surface area contributed by atoms with Crippen molar-refractivity contribution in [1.29, 1.82) is 0 Å². The minimum absolute atomic E-state index is 0.0197. The quantitative estimate of drug-likeness (QED) is 0.0783. The number of rotatable bonds is 18. The van der Waals surface area contributed by atoms with E-state index in [1.54, 1.807) is 43.9 Å². The van der Waals surface area contributed by atoms with Crippen molar-refractivity contribution in [3.05, 3.63) is 141 Å². The number of pyridine rings is 2. The highest BCUT2D eigenvalue weighted by atomic mass is 32.1. The second-order valence-corrected chi connectivity index (χ2v) is 19.0. The van der Waals surface area contributed by atoms with Crippen LogP contribution in [-0.2, 0) is 18.2 Å². The molecular formula is C52H56N6O5S2. The first-order valence-corrected chi connectivity index (χ1v) is 24.8. The van der Waals surface area contributed by atoms with Crippen molar-refractivity contribution in [2.75, 3.05) is 88.5 Å². The molecule has 336 valence electrons. The van der Waals surface area contributed by atoms with E-state index in [1.807, 2.05) is 48.5 Å². The monoisotopic (exact) mass is 908 g/mol. The van der Waals surface area contributed by atoms with Gasteiger partial charge in [0.2, 0.25) is 0 Å². The van der Waals surface area contributed by atoms with Crippen molar-refractivity contribution in [3.8, 4) is 11.5 Å². The van der Waals surface area contributed by atoms with Gasteiger partial charge in [-0.25, -0.2) is 0 Å².